The van der Waals surface area contributed by atoms with Gasteiger partial charge in [-0.2, -0.15) is 0 Å². The average Bonchev–Trinajstić information content (AvgIpc) is 2.07. The number of nitrogens with two attached hydrogens (primary N) is 1. The summed E-state index contributed by atoms with van der Waals surface area (Å²) in [6, 6.07) is 7.22. The molecule has 1 aromatic rings. The minimum absolute atomic E-state index is 0.673. The van der Waals surface area contributed by atoms with Gasteiger partial charge in [-0.1, -0.05) is 6.07 Å². The van der Waals surface area contributed by atoms with Crippen LogP contribution >= 0.6 is 0 Å². The second kappa shape index (κ2) is 3.94. The molecular weight excluding hydrogens is 156 g/mol. The number of nitrogen functional groups attached to an aromatic ring is 1. The lowest BCUT2D eigenvalue weighted by atomic mass is 10.3. The van der Waals surface area contributed by atoms with Crippen LogP contribution in [0.4, 0.5) is 11.4 Å². The third kappa shape index (κ3) is 1.87. The first-order valence-electron chi connectivity index (χ1n) is 3.52. The van der Waals surface area contributed by atoms with E-state index in [-0.39, 0.29) is 0 Å². The molecular formula is C8H12N2O2. The zero-order chi connectivity index (χ0) is 8.97. The summed E-state index contributed by atoms with van der Waals surface area (Å²) in [5, 5.41) is 1.27. The normalized spacial score (nSPS) is 9.83. The zero-order valence-corrected chi connectivity index (χ0v) is 7.15. The first-order chi connectivity index (χ1) is 5.77. The summed E-state index contributed by atoms with van der Waals surface area (Å²) in [5.41, 5.74) is 7.00. The highest BCUT2D eigenvalue weighted by Crippen LogP contribution is 2.16. The molecule has 0 heterocycles. The highest BCUT2D eigenvalue weighted by molar-refractivity contribution is 5.53. The first kappa shape index (κ1) is 8.83. The number of hydrogen-bond acceptors (Lipinski definition) is 4. The monoisotopic (exact) mass is 168 g/mol. The van der Waals surface area contributed by atoms with Crippen molar-refractivity contribution in [2.24, 2.45) is 0 Å². The van der Waals surface area contributed by atoms with Gasteiger partial charge in [-0.15, -0.1) is 5.23 Å². The molecule has 0 radical (unpaired) electrons. The lowest BCUT2D eigenvalue weighted by Gasteiger charge is -2.17. The van der Waals surface area contributed by atoms with Crippen LogP contribution in [0.5, 0.6) is 0 Å². The molecule has 0 unspecified atom stereocenters. The Balaban J connectivity index is 2.85. The Morgan fingerprint density at radius 2 is 1.92 bits per heavy atom. The quantitative estimate of drug-likeness (QED) is 0.544. The molecule has 0 aliphatic carbocycles. The van der Waals surface area contributed by atoms with Crippen molar-refractivity contribution in [3.63, 3.8) is 0 Å². The van der Waals surface area contributed by atoms with E-state index in [0.717, 1.165) is 5.69 Å². The van der Waals surface area contributed by atoms with E-state index in [1.165, 1.54) is 19.4 Å². The minimum Gasteiger partial charge on any atom is -0.399 e. The summed E-state index contributed by atoms with van der Waals surface area (Å²) in [6.07, 6.45) is 0. The van der Waals surface area contributed by atoms with Crippen LogP contribution in [0.1, 0.15) is 0 Å². The molecule has 0 saturated carbocycles. The van der Waals surface area contributed by atoms with Crippen LogP contribution < -0.4 is 11.0 Å². The molecule has 12 heavy (non-hydrogen) atoms. The van der Waals surface area contributed by atoms with Crippen molar-refractivity contribution < 1.29 is 9.68 Å². The van der Waals surface area contributed by atoms with Gasteiger partial charge in [0.2, 0.25) is 0 Å². The minimum atomic E-state index is 0.673. The molecule has 0 bridgehead atoms. The number of hydrogen-bond donors (Lipinski definition) is 1. The highest BCUT2D eigenvalue weighted by atomic mass is 16.9. The van der Waals surface area contributed by atoms with Crippen LogP contribution in [-0.4, -0.2) is 14.2 Å². The summed E-state index contributed by atoms with van der Waals surface area (Å²) >= 11 is 0. The Labute approximate surface area is 71.4 Å². The Bertz CT molecular complexity index is 249. The van der Waals surface area contributed by atoms with Gasteiger partial charge >= 0.3 is 0 Å². The van der Waals surface area contributed by atoms with E-state index in [2.05, 4.69) is 0 Å². The fourth-order valence-electron chi connectivity index (χ4n) is 0.924. The maximum atomic E-state index is 5.57. The van der Waals surface area contributed by atoms with E-state index >= 15 is 0 Å². The molecule has 0 atom stereocenters. The highest BCUT2D eigenvalue weighted by Gasteiger charge is 2.02. The van der Waals surface area contributed by atoms with E-state index in [9.17, 15) is 0 Å². The molecule has 0 aliphatic rings. The summed E-state index contributed by atoms with van der Waals surface area (Å²) in [4.78, 5) is 9.79. The second-order valence-electron chi connectivity index (χ2n) is 2.22. The second-order valence-corrected chi connectivity index (χ2v) is 2.22. The molecule has 66 valence electrons. The fourth-order valence-corrected chi connectivity index (χ4v) is 0.924. The van der Waals surface area contributed by atoms with E-state index < -0.39 is 0 Å². The van der Waals surface area contributed by atoms with Gasteiger partial charge in [0.15, 0.2) is 0 Å². The Morgan fingerprint density at radius 1 is 1.25 bits per heavy atom. The van der Waals surface area contributed by atoms with Crippen molar-refractivity contribution in [2.75, 3.05) is 25.2 Å². The summed E-state index contributed by atoms with van der Waals surface area (Å²) < 4.78 is 0. The molecule has 4 heteroatoms. The summed E-state index contributed by atoms with van der Waals surface area (Å²) in [6.45, 7) is 0. The first-order valence-corrected chi connectivity index (χ1v) is 3.52. The average molecular weight is 168 g/mol. The molecule has 0 amide bonds. The van der Waals surface area contributed by atoms with Crippen molar-refractivity contribution in [2.45, 2.75) is 0 Å². The summed E-state index contributed by atoms with van der Waals surface area (Å²) in [5.74, 6) is 0. The lowest BCUT2D eigenvalue weighted by molar-refractivity contribution is -0.0432. The van der Waals surface area contributed by atoms with Gasteiger partial charge in [0.05, 0.1) is 19.9 Å². The van der Waals surface area contributed by atoms with Gasteiger partial charge in [0.25, 0.3) is 0 Å². The van der Waals surface area contributed by atoms with Crippen LogP contribution in [0.3, 0.4) is 0 Å². The Morgan fingerprint density at radius 3 is 2.42 bits per heavy atom. The number of benzene rings is 1. The maximum absolute atomic E-state index is 5.57. The molecule has 0 spiro atoms. The van der Waals surface area contributed by atoms with Gasteiger partial charge < -0.3 is 5.73 Å². The van der Waals surface area contributed by atoms with E-state index in [1.807, 2.05) is 12.1 Å². The van der Waals surface area contributed by atoms with Crippen molar-refractivity contribution >= 4 is 11.4 Å². The molecule has 1 rings (SSSR count). The van der Waals surface area contributed by atoms with Crippen LogP contribution in [0, 0.1) is 0 Å². The smallest absolute Gasteiger partial charge is 0.0967 e. The van der Waals surface area contributed by atoms with Crippen LogP contribution in [0.15, 0.2) is 24.3 Å². The Hall–Kier alpha value is -1.26. The predicted octanol–water partition coefficient (Wildman–Crippen LogP) is 1.20. The van der Waals surface area contributed by atoms with Gasteiger partial charge in [0, 0.05) is 5.69 Å². The van der Waals surface area contributed by atoms with Crippen molar-refractivity contribution in [1.29, 1.82) is 0 Å². The lowest BCUT2D eigenvalue weighted by Crippen LogP contribution is -2.19. The Kier molecular flexibility index (Phi) is 2.90. The molecule has 0 aliphatic heterocycles. The van der Waals surface area contributed by atoms with Crippen LogP contribution in [0.25, 0.3) is 0 Å². The molecule has 0 fully saturated rings. The van der Waals surface area contributed by atoms with Crippen molar-refractivity contribution in [3.05, 3.63) is 24.3 Å². The fraction of sp³-hybridized carbons (Fsp3) is 0.250. The predicted molar refractivity (Wildman–Crippen MR) is 47.4 cm³/mol. The molecule has 2 N–H and O–H groups in total. The number of rotatable bonds is 3. The van der Waals surface area contributed by atoms with Gasteiger partial charge in [-0.05, 0) is 18.2 Å². The van der Waals surface area contributed by atoms with E-state index in [0.29, 0.717) is 5.69 Å². The third-order valence-corrected chi connectivity index (χ3v) is 1.41. The standard InChI is InChI=1S/C8H12N2O2/c1-11-10(12-2)8-5-3-4-7(9)6-8/h3-6H,9H2,1-2H3. The SMILES string of the molecule is CON(OC)c1cccc(N)c1. The largest absolute Gasteiger partial charge is 0.399 e. The van der Waals surface area contributed by atoms with E-state index in [1.54, 1.807) is 12.1 Å². The molecule has 0 aromatic heterocycles. The van der Waals surface area contributed by atoms with Crippen LogP contribution in [0.2, 0.25) is 0 Å². The molecule has 4 nitrogen and oxygen atoms in total. The zero-order valence-electron chi connectivity index (χ0n) is 7.15. The third-order valence-electron chi connectivity index (χ3n) is 1.41. The molecule has 1 aromatic carbocycles. The molecule has 0 saturated heterocycles. The maximum Gasteiger partial charge on any atom is 0.0967 e. The van der Waals surface area contributed by atoms with Gasteiger partial charge in [0.1, 0.15) is 0 Å². The topological polar surface area (TPSA) is 47.7 Å². The van der Waals surface area contributed by atoms with Gasteiger partial charge in [-0.25, -0.2) is 0 Å². The van der Waals surface area contributed by atoms with Gasteiger partial charge in [-0.3, -0.25) is 9.68 Å². The van der Waals surface area contributed by atoms with E-state index in [4.69, 9.17) is 15.4 Å². The van der Waals surface area contributed by atoms with Crippen molar-refractivity contribution in [3.8, 4) is 0 Å². The van der Waals surface area contributed by atoms with Crippen molar-refractivity contribution in [1.82, 2.24) is 0 Å². The number of nitrogens with zero attached hydrogens (tertiary/aromatic N) is 1. The number of anilines is 2. The van der Waals surface area contributed by atoms with Crippen LogP contribution in [-0.2, 0) is 9.68 Å². The summed E-state index contributed by atoms with van der Waals surface area (Å²) in [7, 11) is 3.04.